The second-order valence-electron chi connectivity index (χ2n) is 20.6. The summed E-state index contributed by atoms with van der Waals surface area (Å²) >= 11 is 0. The zero-order valence-electron chi connectivity index (χ0n) is 43.9. The lowest BCUT2D eigenvalue weighted by Gasteiger charge is -2.34. The minimum absolute atomic E-state index is 0.0417. The van der Waals surface area contributed by atoms with Crippen molar-refractivity contribution in [1.29, 1.82) is 0 Å². The van der Waals surface area contributed by atoms with Gasteiger partial charge in [0.2, 0.25) is 11.8 Å². The first-order valence-corrected chi connectivity index (χ1v) is 26.7. The number of aryl methyl sites for hydroxylation is 4. The molecule has 6 aromatic rings. The molecule has 2 aliphatic carbocycles. The molecule has 16 heteroatoms. The first-order valence-electron chi connectivity index (χ1n) is 26.7. The van der Waals surface area contributed by atoms with Crippen LogP contribution in [0.1, 0.15) is 95.4 Å². The van der Waals surface area contributed by atoms with E-state index < -0.39 is 0 Å². The second kappa shape index (κ2) is 22.1. The molecule has 0 radical (unpaired) electrons. The van der Waals surface area contributed by atoms with E-state index >= 15 is 8.78 Å². The Morgan fingerprint density at radius 2 is 0.974 bits per heavy atom. The van der Waals surface area contributed by atoms with Crippen LogP contribution in [0.4, 0.5) is 20.2 Å². The van der Waals surface area contributed by atoms with Crippen molar-refractivity contribution in [2.75, 3.05) is 89.7 Å². The number of carbonyl (C=O) groups is 2. The Hall–Kier alpha value is -7.30. The quantitative estimate of drug-likeness (QED) is 0.123. The third kappa shape index (κ3) is 10.4. The summed E-state index contributed by atoms with van der Waals surface area (Å²) in [6, 6.07) is 19.0. The van der Waals surface area contributed by atoms with E-state index in [4.69, 9.17) is 18.9 Å². The number of halogens is 2. The molecule has 4 aliphatic heterocycles. The summed E-state index contributed by atoms with van der Waals surface area (Å²) in [5.74, 6) is 1.09. The Balaban J connectivity index is 0.000000162. The number of imidazole rings is 2. The fourth-order valence-corrected chi connectivity index (χ4v) is 12.0. The predicted octanol–water partition coefficient (Wildman–Crippen LogP) is 9.72. The van der Waals surface area contributed by atoms with Crippen molar-refractivity contribution in [3.8, 4) is 22.9 Å². The van der Waals surface area contributed by atoms with Gasteiger partial charge in [-0.15, -0.1) is 0 Å². The van der Waals surface area contributed by atoms with E-state index in [0.717, 1.165) is 119 Å². The summed E-state index contributed by atoms with van der Waals surface area (Å²) < 4.78 is 56.5. The average molecular weight is 1030 g/mol. The van der Waals surface area contributed by atoms with Gasteiger partial charge in [0.15, 0.2) is 0 Å². The highest BCUT2D eigenvalue weighted by Gasteiger charge is 2.37. The molecule has 0 saturated carbocycles. The number of likely N-dealkylation sites (tertiary alicyclic amines) is 2. The van der Waals surface area contributed by atoms with E-state index in [9.17, 15) is 9.59 Å². The van der Waals surface area contributed by atoms with Crippen LogP contribution in [0.15, 0.2) is 96.9 Å². The number of nitrogens with zero attached hydrogens (tertiary/aromatic N) is 8. The number of methoxy groups -OCH3 is 2. The van der Waals surface area contributed by atoms with Gasteiger partial charge in [-0.3, -0.25) is 9.59 Å². The minimum Gasteiger partial charge on any atom is -0.495 e. The highest BCUT2D eigenvalue weighted by molar-refractivity contribution is 5.99. The van der Waals surface area contributed by atoms with E-state index in [-0.39, 0.29) is 35.5 Å². The number of amides is 2. The Morgan fingerprint density at radius 1 is 0.553 bits per heavy atom. The van der Waals surface area contributed by atoms with Gasteiger partial charge < -0.3 is 47.7 Å². The smallest absolute Gasteiger partial charge is 0.250 e. The van der Waals surface area contributed by atoms with Crippen LogP contribution >= 0.6 is 0 Å². The Morgan fingerprint density at radius 3 is 1.36 bits per heavy atom. The lowest BCUT2D eigenvalue weighted by atomic mass is 9.97. The number of hydrogen-bond acceptors (Lipinski definition) is 10. The van der Waals surface area contributed by atoms with Crippen LogP contribution in [0.5, 0.6) is 11.5 Å². The van der Waals surface area contributed by atoms with Gasteiger partial charge in [-0.1, -0.05) is 12.1 Å². The van der Waals surface area contributed by atoms with Gasteiger partial charge in [-0.2, -0.15) is 0 Å². The lowest BCUT2D eigenvalue weighted by Crippen LogP contribution is -2.39. The number of hydrogen-bond donors (Lipinski definition) is 0. The number of anilines is 2. The van der Waals surface area contributed by atoms with Gasteiger partial charge >= 0.3 is 0 Å². The monoisotopic (exact) mass is 1030 g/mol. The molecule has 0 bridgehead atoms. The van der Waals surface area contributed by atoms with Crippen molar-refractivity contribution >= 4 is 35.3 Å². The average Bonchev–Trinajstić information content (AvgIpc) is 4.33. The number of morpholine rings is 2. The summed E-state index contributed by atoms with van der Waals surface area (Å²) in [4.78, 5) is 44.0. The number of benzene rings is 4. The standard InChI is InChI=1S/2C30H33FN4O3/c2*1-20-18-34(19-32-20)27-7-5-21(15-29(27)37-2)14-23-4-3-9-35(30(23)36)26-8-6-22-16-28(25(31)17-24(22)26)33-10-12-38-13-11-33/h2*5,7,14-19,26H,3-4,6,8-13H2,1-2H3/b2*23-14+/t2*26-/m10/s1. The van der Waals surface area contributed by atoms with Crippen LogP contribution in [0.25, 0.3) is 23.5 Å². The fraction of sp³-hybridized carbons (Fsp3) is 0.400. The molecule has 2 aromatic heterocycles. The lowest BCUT2D eigenvalue weighted by molar-refractivity contribution is -0.131. The number of fused-ring (bicyclic) bond motifs is 2. The molecule has 2 atom stereocenters. The SMILES string of the molecule is COc1cc(/C=C2\CCCN([C@@H]3CCc4cc(N5CCOCC5)c(F)cc43)C2=O)ccc1-n1cnc(C)c1.COc1cc(/C=C2\CCCN([C@H]3CCc4cc(N5CCOCC5)c(F)cc43)C2=O)ccc1-n1cnc(C)c1. The van der Waals surface area contributed by atoms with Gasteiger partial charge in [0.1, 0.15) is 23.1 Å². The molecule has 12 rings (SSSR count). The van der Waals surface area contributed by atoms with Crippen molar-refractivity contribution < 1.29 is 37.3 Å². The summed E-state index contributed by atoms with van der Waals surface area (Å²) in [6.45, 7) is 10.6. The molecule has 6 aliphatic rings. The van der Waals surface area contributed by atoms with Crippen molar-refractivity contribution in [2.45, 2.75) is 77.3 Å². The largest absolute Gasteiger partial charge is 0.495 e. The van der Waals surface area contributed by atoms with E-state index in [1.807, 2.05) is 106 Å². The van der Waals surface area contributed by atoms with E-state index in [1.165, 1.54) is 0 Å². The summed E-state index contributed by atoms with van der Waals surface area (Å²) in [5.41, 5.74) is 12.6. The van der Waals surface area contributed by atoms with Gasteiger partial charge in [0.05, 0.1) is 99.5 Å². The molecule has 396 valence electrons. The molecule has 6 heterocycles. The van der Waals surface area contributed by atoms with Crippen LogP contribution in [0, 0.1) is 25.5 Å². The Bertz CT molecular complexity index is 3000. The topological polar surface area (TPSA) is 120 Å². The highest BCUT2D eigenvalue weighted by atomic mass is 19.1. The van der Waals surface area contributed by atoms with Crippen molar-refractivity contribution in [3.05, 3.63) is 153 Å². The normalized spacial score (nSPS) is 20.8. The number of aromatic nitrogens is 4. The fourth-order valence-electron chi connectivity index (χ4n) is 12.0. The molecular weight excluding hydrogens is 967 g/mol. The maximum absolute atomic E-state index is 15.2. The Kier molecular flexibility index (Phi) is 14.8. The van der Waals surface area contributed by atoms with Crippen LogP contribution < -0.4 is 19.3 Å². The van der Waals surface area contributed by atoms with Gasteiger partial charge in [-0.25, -0.2) is 18.7 Å². The third-order valence-corrected chi connectivity index (χ3v) is 15.8. The molecule has 4 saturated heterocycles. The minimum atomic E-state index is -0.210. The predicted molar refractivity (Wildman–Crippen MR) is 289 cm³/mol. The van der Waals surface area contributed by atoms with E-state index in [1.54, 1.807) is 39.0 Å². The van der Waals surface area contributed by atoms with Crippen LogP contribution in [-0.4, -0.2) is 121 Å². The van der Waals surface area contributed by atoms with Gasteiger partial charge in [-0.05, 0) is 159 Å². The van der Waals surface area contributed by atoms with Crippen molar-refractivity contribution in [1.82, 2.24) is 28.9 Å². The van der Waals surface area contributed by atoms with Crippen molar-refractivity contribution in [3.63, 3.8) is 0 Å². The first kappa shape index (κ1) is 50.8. The van der Waals surface area contributed by atoms with Gasteiger partial charge in [0, 0.05) is 62.8 Å². The maximum atomic E-state index is 15.2. The first-order chi connectivity index (χ1) is 37.0. The van der Waals surface area contributed by atoms with E-state index in [2.05, 4.69) is 19.8 Å². The molecule has 0 unspecified atom stereocenters. The highest BCUT2D eigenvalue weighted by Crippen LogP contribution is 2.43. The summed E-state index contributed by atoms with van der Waals surface area (Å²) in [6.07, 6.45) is 18.0. The van der Waals surface area contributed by atoms with Gasteiger partial charge in [0.25, 0.3) is 0 Å². The molecule has 14 nitrogen and oxygen atoms in total. The molecule has 4 aromatic carbocycles. The molecule has 0 spiro atoms. The second-order valence-corrected chi connectivity index (χ2v) is 20.6. The third-order valence-electron chi connectivity index (χ3n) is 15.8. The summed E-state index contributed by atoms with van der Waals surface area (Å²) in [7, 11) is 3.29. The van der Waals surface area contributed by atoms with Crippen LogP contribution in [0.2, 0.25) is 0 Å². The zero-order valence-corrected chi connectivity index (χ0v) is 43.9. The number of ether oxygens (including phenoxy) is 4. The molecule has 2 amide bonds. The molecule has 0 N–H and O–H groups in total. The van der Waals surface area contributed by atoms with Crippen molar-refractivity contribution in [2.24, 2.45) is 0 Å². The Labute approximate surface area is 443 Å². The number of carbonyl (C=O) groups excluding carboxylic acids is 2. The summed E-state index contributed by atoms with van der Waals surface area (Å²) in [5, 5.41) is 0. The maximum Gasteiger partial charge on any atom is 0.250 e. The molecular formula is C60H66F2N8O6. The number of rotatable bonds is 10. The molecule has 4 fully saturated rings. The van der Waals surface area contributed by atoms with E-state index in [0.29, 0.717) is 88.6 Å². The van der Waals surface area contributed by atoms with Crippen LogP contribution in [0.3, 0.4) is 0 Å². The zero-order chi connectivity index (χ0) is 52.5. The molecule has 76 heavy (non-hydrogen) atoms. The number of piperidine rings is 2. The van der Waals surface area contributed by atoms with Crippen LogP contribution in [-0.2, 0) is 31.9 Å².